The molecule has 0 radical (unpaired) electrons. The van der Waals surface area contributed by atoms with E-state index in [4.69, 9.17) is 5.11 Å². The molecular formula is C18H22N2O3. The number of amides is 1. The van der Waals surface area contributed by atoms with E-state index in [1.54, 1.807) is 14.0 Å². The van der Waals surface area contributed by atoms with E-state index in [-0.39, 0.29) is 18.5 Å². The number of rotatable bonds is 6. The highest BCUT2D eigenvalue weighted by molar-refractivity contribution is 5.84. The Balaban J connectivity index is 2.06. The molecule has 0 aliphatic carbocycles. The largest absolute Gasteiger partial charge is 0.480 e. The maximum absolute atomic E-state index is 12.3. The standard InChI is InChI=1S/C18H22N2O3/c1-12(19-18(23)13(2)20(3)11-17(21)22)15-9-8-14-6-4-5-7-16(14)10-15/h4-10,12-13H,11H2,1-3H3,(H,19,23)(H,21,22). The first-order valence-corrected chi connectivity index (χ1v) is 7.59. The summed E-state index contributed by atoms with van der Waals surface area (Å²) in [6.45, 7) is 3.45. The smallest absolute Gasteiger partial charge is 0.317 e. The van der Waals surface area contributed by atoms with Crippen LogP contribution in [0.5, 0.6) is 0 Å². The number of nitrogens with zero attached hydrogens (tertiary/aromatic N) is 1. The molecule has 0 aliphatic rings. The monoisotopic (exact) mass is 314 g/mol. The summed E-state index contributed by atoms with van der Waals surface area (Å²) in [6.07, 6.45) is 0. The minimum absolute atomic E-state index is 0.146. The summed E-state index contributed by atoms with van der Waals surface area (Å²) in [6, 6.07) is 13.5. The zero-order chi connectivity index (χ0) is 17.0. The molecule has 2 aromatic rings. The Labute approximate surface area is 135 Å². The lowest BCUT2D eigenvalue weighted by molar-refractivity contribution is -0.139. The van der Waals surface area contributed by atoms with Crippen LogP contribution in [-0.4, -0.2) is 41.5 Å². The van der Waals surface area contributed by atoms with Crippen LogP contribution in [0.25, 0.3) is 10.8 Å². The van der Waals surface area contributed by atoms with Crippen molar-refractivity contribution in [3.05, 3.63) is 48.0 Å². The molecule has 1 amide bonds. The lowest BCUT2D eigenvalue weighted by Crippen LogP contribution is -2.45. The molecule has 2 rings (SSSR count). The molecule has 0 spiro atoms. The fourth-order valence-electron chi connectivity index (χ4n) is 2.44. The molecule has 2 N–H and O–H groups in total. The van der Waals surface area contributed by atoms with Gasteiger partial charge in [-0.2, -0.15) is 0 Å². The van der Waals surface area contributed by atoms with Gasteiger partial charge in [-0.05, 0) is 43.3 Å². The van der Waals surface area contributed by atoms with Crippen LogP contribution in [0.3, 0.4) is 0 Å². The van der Waals surface area contributed by atoms with Gasteiger partial charge in [0.25, 0.3) is 0 Å². The average molecular weight is 314 g/mol. The van der Waals surface area contributed by atoms with E-state index >= 15 is 0 Å². The Bertz CT molecular complexity index is 714. The molecule has 0 heterocycles. The van der Waals surface area contributed by atoms with E-state index < -0.39 is 12.0 Å². The molecule has 2 aromatic carbocycles. The first-order valence-electron chi connectivity index (χ1n) is 7.59. The van der Waals surface area contributed by atoms with Crippen LogP contribution in [0.4, 0.5) is 0 Å². The molecule has 23 heavy (non-hydrogen) atoms. The summed E-state index contributed by atoms with van der Waals surface area (Å²) in [5, 5.41) is 14.0. The topological polar surface area (TPSA) is 69.6 Å². The van der Waals surface area contributed by atoms with Crippen molar-refractivity contribution in [2.45, 2.75) is 25.9 Å². The number of hydrogen-bond acceptors (Lipinski definition) is 3. The van der Waals surface area contributed by atoms with Gasteiger partial charge >= 0.3 is 5.97 Å². The van der Waals surface area contributed by atoms with Gasteiger partial charge in [0, 0.05) is 0 Å². The van der Waals surface area contributed by atoms with E-state index in [0.29, 0.717) is 0 Å². The number of carbonyl (C=O) groups excluding carboxylic acids is 1. The first kappa shape index (κ1) is 17.0. The van der Waals surface area contributed by atoms with E-state index in [1.807, 2.05) is 43.3 Å². The van der Waals surface area contributed by atoms with Crippen molar-refractivity contribution in [3.63, 3.8) is 0 Å². The molecule has 5 heteroatoms. The first-order chi connectivity index (χ1) is 10.9. The fraction of sp³-hybridized carbons (Fsp3) is 0.333. The Hall–Kier alpha value is -2.40. The maximum atomic E-state index is 12.3. The fourth-order valence-corrected chi connectivity index (χ4v) is 2.44. The Morgan fingerprint density at radius 2 is 1.78 bits per heavy atom. The lowest BCUT2D eigenvalue weighted by Gasteiger charge is -2.24. The van der Waals surface area contributed by atoms with Crippen molar-refractivity contribution >= 4 is 22.6 Å². The molecule has 0 bridgehead atoms. The van der Waals surface area contributed by atoms with Gasteiger partial charge in [0.15, 0.2) is 0 Å². The second-order valence-electron chi connectivity index (χ2n) is 5.82. The van der Waals surface area contributed by atoms with Gasteiger partial charge in [0.05, 0.1) is 18.6 Å². The van der Waals surface area contributed by atoms with E-state index in [2.05, 4.69) is 11.4 Å². The number of carbonyl (C=O) groups is 2. The summed E-state index contributed by atoms with van der Waals surface area (Å²) in [4.78, 5) is 24.5. The predicted molar refractivity (Wildman–Crippen MR) is 90.2 cm³/mol. The molecule has 0 aromatic heterocycles. The minimum atomic E-state index is -0.949. The summed E-state index contributed by atoms with van der Waals surface area (Å²) in [7, 11) is 1.62. The highest BCUT2D eigenvalue weighted by Crippen LogP contribution is 2.20. The minimum Gasteiger partial charge on any atom is -0.480 e. The quantitative estimate of drug-likeness (QED) is 0.859. The Morgan fingerprint density at radius 3 is 2.43 bits per heavy atom. The van der Waals surface area contributed by atoms with Gasteiger partial charge in [-0.1, -0.05) is 36.4 Å². The SMILES string of the molecule is CC(NC(=O)C(C)N(C)CC(=O)O)c1ccc2ccccc2c1. The zero-order valence-corrected chi connectivity index (χ0v) is 13.6. The number of carboxylic acids is 1. The van der Waals surface area contributed by atoms with E-state index in [1.165, 1.54) is 4.90 Å². The van der Waals surface area contributed by atoms with Crippen LogP contribution in [0.15, 0.2) is 42.5 Å². The van der Waals surface area contributed by atoms with Gasteiger partial charge in [-0.3, -0.25) is 14.5 Å². The number of nitrogens with one attached hydrogen (secondary N) is 1. The van der Waals surface area contributed by atoms with Crippen molar-refractivity contribution in [1.82, 2.24) is 10.2 Å². The number of carboxylic acid groups (broad SMARTS) is 1. The van der Waals surface area contributed by atoms with Crippen LogP contribution in [0.2, 0.25) is 0 Å². The van der Waals surface area contributed by atoms with Crippen molar-refractivity contribution in [2.24, 2.45) is 0 Å². The van der Waals surface area contributed by atoms with Crippen LogP contribution >= 0.6 is 0 Å². The van der Waals surface area contributed by atoms with Crippen LogP contribution in [0.1, 0.15) is 25.5 Å². The third kappa shape index (κ3) is 4.29. The Morgan fingerprint density at radius 1 is 1.13 bits per heavy atom. The normalized spacial score (nSPS) is 13.7. The molecular weight excluding hydrogens is 292 g/mol. The zero-order valence-electron chi connectivity index (χ0n) is 13.6. The van der Waals surface area contributed by atoms with Crippen LogP contribution < -0.4 is 5.32 Å². The third-order valence-corrected chi connectivity index (χ3v) is 4.06. The molecule has 0 saturated carbocycles. The molecule has 0 aliphatic heterocycles. The number of likely N-dealkylation sites (N-methyl/N-ethyl adjacent to an activating group) is 1. The van der Waals surface area contributed by atoms with Gasteiger partial charge < -0.3 is 10.4 Å². The highest BCUT2D eigenvalue weighted by atomic mass is 16.4. The van der Waals surface area contributed by atoms with Crippen molar-refractivity contribution < 1.29 is 14.7 Å². The second kappa shape index (κ2) is 7.24. The van der Waals surface area contributed by atoms with E-state index in [9.17, 15) is 9.59 Å². The number of aliphatic carboxylic acids is 1. The molecule has 122 valence electrons. The average Bonchev–Trinajstić information content (AvgIpc) is 2.52. The van der Waals surface area contributed by atoms with E-state index in [0.717, 1.165) is 16.3 Å². The van der Waals surface area contributed by atoms with Gasteiger partial charge in [-0.25, -0.2) is 0 Å². The molecule has 0 saturated heterocycles. The number of benzene rings is 2. The molecule has 5 nitrogen and oxygen atoms in total. The summed E-state index contributed by atoms with van der Waals surface area (Å²) in [5.41, 5.74) is 1.02. The highest BCUT2D eigenvalue weighted by Gasteiger charge is 2.21. The summed E-state index contributed by atoms with van der Waals surface area (Å²) in [5.74, 6) is -1.14. The van der Waals surface area contributed by atoms with Crippen molar-refractivity contribution in [2.75, 3.05) is 13.6 Å². The summed E-state index contributed by atoms with van der Waals surface area (Å²) < 4.78 is 0. The Kier molecular flexibility index (Phi) is 5.34. The number of fused-ring (bicyclic) bond motifs is 1. The van der Waals surface area contributed by atoms with Gasteiger partial charge in [0.1, 0.15) is 0 Å². The van der Waals surface area contributed by atoms with Crippen LogP contribution in [0, 0.1) is 0 Å². The second-order valence-corrected chi connectivity index (χ2v) is 5.82. The van der Waals surface area contributed by atoms with Gasteiger partial charge in [-0.15, -0.1) is 0 Å². The molecule has 0 fully saturated rings. The van der Waals surface area contributed by atoms with Gasteiger partial charge in [0.2, 0.25) is 5.91 Å². The van der Waals surface area contributed by atoms with Crippen LogP contribution in [-0.2, 0) is 9.59 Å². The van der Waals surface area contributed by atoms with Crippen molar-refractivity contribution in [3.8, 4) is 0 Å². The lowest BCUT2D eigenvalue weighted by atomic mass is 10.0. The molecule has 2 atom stereocenters. The summed E-state index contributed by atoms with van der Waals surface area (Å²) >= 11 is 0. The third-order valence-electron chi connectivity index (χ3n) is 4.06. The maximum Gasteiger partial charge on any atom is 0.317 e. The number of hydrogen-bond donors (Lipinski definition) is 2. The molecule has 2 unspecified atom stereocenters. The predicted octanol–water partition coefficient (Wildman–Crippen LogP) is 2.42. The van der Waals surface area contributed by atoms with Crippen molar-refractivity contribution in [1.29, 1.82) is 0 Å².